The molecule has 0 unspecified atom stereocenters. The summed E-state index contributed by atoms with van der Waals surface area (Å²) >= 11 is 0. The van der Waals surface area contributed by atoms with Crippen LogP contribution in [-0.4, -0.2) is 43.6 Å². The fourth-order valence-electron chi connectivity index (χ4n) is 2.31. The first-order valence-corrected chi connectivity index (χ1v) is 6.55. The van der Waals surface area contributed by atoms with Crippen LogP contribution >= 0.6 is 12.4 Å². The van der Waals surface area contributed by atoms with Gasteiger partial charge in [0.1, 0.15) is 5.75 Å². The second-order valence-electron chi connectivity index (χ2n) is 4.87. The van der Waals surface area contributed by atoms with Gasteiger partial charge in [-0.15, -0.1) is 12.4 Å². The van der Waals surface area contributed by atoms with Crippen molar-refractivity contribution in [1.82, 2.24) is 10.2 Å². The number of rotatable bonds is 5. The Morgan fingerprint density at radius 3 is 2.90 bits per heavy atom. The number of nitrogens with one attached hydrogen (secondary N) is 1. The maximum atomic E-state index is 11.8. The van der Waals surface area contributed by atoms with Crippen molar-refractivity contribution in [2.24, 2.45) is 5.73 Å². The minimum Gasteiger partial charge on any atom is -0.496 e. The van der Waals surface area contributed by atoms with E-state index in [1.807, 2.05) is 24.3 Å². The van der Waals surface area contributed by atoms with Gasteiger partial charge in [-0.25, -0.2) is 0 Å². The van der Waals surface area contributed by atoms with Crippen molar-refractivity contribution in [3.8, 4) is 5.75 Å². The van der Waals surface area contributed by atoms with Crippen molar-refractivity contribution in [1.29, 1.82) is 0 Å². The Labute approximate surface area is 125 Å². The predicted octanol–water partition coefficient (Wildman–Crippen LogP) is 0.766. The lowest BCUT2D eigenvalue weighted by atomic mass is 10.2. The average Bonchev–Trinajstić information content (AvgIpc) is 2.82. The Balaban J connectivity index is 0.00000200. The molecule has 112 valence electrons. The summed E-state index contributed by atoms with van der Waals surface area (Å²) in [6, 6.07) is 7.90. The number of carbonyl (C=O) groups is 1. The molecule has 1 amide bonds. The Hall–Kier alpha value is -1.30. The molecular formula is C14H22ClN3O2. The molecule has 20 heavy (non-hydrogen) atoms. The lowest BCUT2D eigenvalue weighted by Crippen LogP contribution is -2.37. The van der Waals surface area contributed by atoms with Crippen molar-refractivity contribution >= 4 is 18.3 Å². The highest BCUT2D eigenvalue weighted by Crippen LogP contribution is 2.16. The van der Waals surface area contributed by atoms with Crippen LogP contribution in [0.25, 0.3) is 0 Å². The largest absolute Gasteiger partial charge is 0.496 e. The number of amides is 1. The van der Waals surface area contributed by atoms with Crippen LogP contribution in [0.5, 0.6) is 5.75 Å². The van der Waals surface area contributed by atoms with E-state index >= 15 is 0 Å². The van der Waals surface area contributed by atoms with E-state index in [2.05, 4.69) is 10.2 Å². The molecule has 0 aliphatic carbocycles. The van der Waals surface area contributed by atoms with Gasteiger partial charge >= 0.3 is 0 Å². The molecule has 1 aromatic rings. The number of nitrogens with zero attached hydrogens (tertiary/aromatic N) is 1. The van der Waals surface area contributed by atoms with E-state index in [1.54, 1.807) is 7.11 Å². The van der Waals surface area contributed by atoms with Crippen LogP contribution in [0.4, 0.5) is 0 Å². The number of benzene rings is 1. The van der Waals surface area contributed by atoms with Gasteiger partial charge in [-0.2, -0.15) is 0 Å². The maximum absolute atomic E-state index is 11.8. The zero-order valence-corrected chi connectivity index (χ0v) is 12.5. The van der Waals surface area contributed by atoms with E-state index in [4.69, 9.17) is 10.5 Å². The summed E-state index contributed by atoms with van der Waals surface area (Å²) in [6.45, 7) is 2.62. The van der Waals surface area contributed by atoms with Crippen LogP contribution in [0.3, 0.4) is 0 Å². The molecule has 1 atom stereocenters. The first-order valence-electron chi connectivity index (χ1n) is 6.55. The van der Waals surface area contributed by atoms with Gasteiger partial charge in [0.25, 0.3) is 0 Å². The van der Waals surface area contributed by atoms with Crippen molar-refractivity contribution in [3.63, 3.8) is 0 Å². The molecule has 0 bridgehead atoms. The van der Waals surface area contributed by atoms with Gasteiger partial charge in [-0.05, 0) is 12.5 Å². The Kier molecular flexibility index (Phi) is 6.78. The minimum atomic E-state index is 0. The quantitative estimate of drug-likeness (QED) is 0.843. The lowest BCUT2D eigenvalue weighted by molar-refractivity contribution is -0.122. The molecule has 0 saturated carbocycles. The van der Waals surface area contributed by atoms with Crippen molar-refractivity contribution in [3.05, 3.63) is 29.8 Å². The third-order valence-electron chi connectivity index (χ3n) is 3.34. The Morgan fingerprint density at radius 1 is 1.50 bits per heavy atom. The molecule has 1 saturated heterocycles. The number of nitrogens with two attached hydrogens (primary N) is 1. The van der Waals surface area contributed by atoms with Crippen LogP contribution in [0.2, 0.25) is 0 Å². The molecule has 2 rings (SSSR count). The van der Waals surface area contributed by atoms with Gasteiger partial charge in [0.2, 0.25) is 5.91 Å². The topological polar surface area (TPSA) is 67.6 Å². The first kappa shape index (κ1) is 16.8. The number of carbonyl (C=O) groups excluding carboxylic acids is 1. The number of para-hydroxylation sites is 1. The average molecular weight is 300 g/mol. The summed E-state index contributed by atoms with van der Waals surface area (Å²) in [5.74, 6) is 0.825. The molecule has 1 fully saturated rings. The van der Waals surface area contributed by atoms with Gasteiger partial charge in [-0.1, -0.05) is 18.2 Å². The normalized spacial score (nSPS) is 18.4. The fraction of sp³-hybridized carbons (Fsp3) is 0.500. The highest BCUT2D eigenvalue weighted by atomic mass is 35.5. The molecule has 0 aromatic heterocycles. The monoisotopic (exact) mass is 299 g/mol. The zero-order valence-electron chi connectivity index (χ0n) is 11.7. The second kappa shape index (κ2) is 8.09. The van der Waals surface area contributed by atoms with Crippen LogP contribution in [0.15, 0.2) is 24.3 Å². The third-order valence-corrected chi connectivity index (χ3v) is 3.34. The van der Waals surface area contributed by atoms with Gasteiger partial charge in [0.15, 0.2) is 0 Å². The lowest BCUT2D eigenvalue weighted by Gasteiger charge is -2.15. The van der Waals surface area contributed by atoms with E-state index in [0.29, 0.717) is 13.1 Å². The number of hydrogen-bond donors (Lipinski definition) is 2. The van der Waals surface area contributed by atoms with Crippen molar-refractivity contribution < 1.29 is 9.53 Å². The van der Waals surface area contributed by atoms with Crippen LogP contribution in [0, 0.1) is 0 Å². The maximum Gasteiger partial charge on any atom is 0.234 e. The molecule has 1 aliphatic rings. The molecular weight excluding hydrogens is 278 g/mol. The van der Waals surface area contributed by atoms with Crippen molar-refractivity contribution in [2.75, 3.05) is 26.7 Å². The minimum absolute atomic E-state index is 0. The zero-order chi connectivity index (χ0) is 13.7. The highest BCUT2D eigenvalue weighted by molar-refractivity contribution is 5.85. The number of methoxy groups -OCH3 is 1. The molecule has 0 radical (unpaired) electrons. The van der Waals surface area contributed by atoms with Gasteiger partial charge < -0.3 is 15.8 Å². The summed E-state index contributed by atoms with van der Waals surface area (Å²) in [5.41, 5.74) is 6.80. The Morgan fingerprint density at radius 2 is 2.25 bits per heavy atom. The molecule has 1 heterocycles. The fourth-order valence-corrected chi connectivity index (χ4v) is 2.31. The van der Waals surface area contributed by atoms with Gasteiger partial charge in [-0.3, -0.25) is 9.69 Å². The SMILES string of the molecule is COc1ccccc1CNC(=O)CN1CC[C@H](N)C1.Cl. The summed E-state index contributed by atoms with van der Waals surface area (Å²) in [6.07, 6.45) is 0.972. The first-order chi connectivity index (χ1) is 9.19. The Bertz CT molecular complexity index is 442. The van der Waals surface area contributed by atoms with E-state index in [9.17, 15) is 4.79 Å². The predicted molar refractivity (Wildman–Crippen MR) is 81.1 cm³/mol. The molecule has 0 spiro atoms. The molecule has 5 nitrogen and oxygen atoms in total. The second-order valence-corrected chi connectivity index (χ2v) is 4.87. The van der Waals surface area contributed by atoms with Crippen LogP contribution < -0.4 is 15.8 Å². The smallest absolute Gasteiger partial charge is 0.234 e. The third kappa shape index (κ3) is 4.67. The highest BCUT2D eigenvalue weighted by Gasteiger charge is 2.20. The summed E-state index contributed by atoms with van der Waals surface area (Å²) < 4.78 is 5.25. The van der Waals surface area contributed by atoms with Crippen LogP contribution in [-0.2, 0) is 11.3 Å². The standard InChI is InChI=1S/C14H21N3O2.ClH/c1-19-13-5-3-2-4-11(13)8-16-14(18)10-17-7-6-12(15)9-17;/h2-5,12H,6-10,15H2,1H3,(H,16,18);1H/t12-;/m0./s1. The molecule has 1 aromatic carbocycles. The van der Waals surface area contributed by atoms with E-state index in [0.717, 1.165) is 30.8 Å². The summed E-state index contributed by atoms with van der Waals surface area (Å²) in [4.78, 5) is 13.9. The van der Waals surface area contributed by atoms with E-state index in [1.165, 1.54) is 0 Å². The number of ether oxygens (including phenoxy) is 1. The summed E-state index contributed by atoms with van der Waals surface area (Å²) in [7, 11) is 1.63. The number of hydrogen-bond acceptors (Lipinski definition) is 4. The molecule has 3 N–H and O–H groups in total. The summed E-state index contributed by atoms with van der Waals surface area (Å²) in [5, 5.41) is 2.91. The van der Waals surface area contributed by atoms with Crippen LogP contribution in [0.1, 0.15) is 12.0 Å². The van der Waals surface area contributed by atoms with Gasteiger partial charge in [0.05, 0.1) is 13.7 Å². The van der Waals surface area contributed by atoms with Crippen molar-refractivity contribution in [2.45, 2.75) is 19.0 Å². The number of likely N-dealkylation sites (tertiary alicyclic amines) is 1. The number of halogens is 1. The van der Waals surface area contributed by atoms with Gasteiger partial charge in [0, 0.05) is 31.2 Å². The van der Waals surface area contributed by atoms with E-state index < -0.39 is 0 Å². The van der Waals surface area contributed by atoms with E-state index in [-0.39, 0.29) is 24.4 Å². The molecule has 1 aliphatic heterocycles. The molecule has 6 heteroatoms.